The predicted molar refractivity (Wildman–Crippen MR) is 83.3 cm³/mol. The lowest BCUT2D eigenvalue weighted by Crippen LogP contribution is -2.46. The first-order chi connectivity index (χ1) is 11.8. The van der Waals surface area contributed by atoms with Gasteiger partial charge < -0.3 is 15.0 Å². The van der Waals surface area contributed by atoms with Crippen LogP contribution < -0.4 is 5.32 Å². The number of nitrogens with zero attached hydrogens (tertiary/aromatic N) is 1. The average molecular weight is 356 g/mol. The van der Waals surface area contributed by atoms with E-state index in [1.807, 2.05) is 0 Å². The third kappa shape index (κ3) is 4.80. The maximum atomic E-state index is 13.7. The molecule has 1 aliphatic rings. The van der Waals surface area contributed by atoms with Crippen molar-refractivity contribution < 1.29 is 27.6 Å². The summed E-state index contributed by atoms with van der Waals surface area (Å²) in [4.78, 5) is 36.2. The van der Waals surface area contributed by atoms with Gasteiger partial charge in [0.25, 0.3) is 5.91 Å². The van der Waals surface area contributed by atoms with Crippen molar-refractivity contribution in [2.75, 3.05) is 13.1 Å². The standard InChI is InChI=1S/C17H19F3N2O3/c1-10(23)2-5-14(24)21-11-6-8-22(9-7-11)17(25)12-3-4-13(18)16(20)15(12)19/h3-4,11H,2,5-9H2,1H3,(H,21,24). The Hall–Kier alpha value is -2.38. The van der Waals surface area contributed by atoms with Crippen molar-refractivity contribution >= 4 is 17.6 Å². The van der Waals surface area contributed by atoms with E-state index in [0.29, 0.717) is 18.9 Å². The molecule has 0 unspecified atom stereocenters. The molecule has 0 aliphatic carbocycles. The molecule has 2 rings (SSSR count). The zero-order valence-electron chi connectivity index (χ0n) is 13.8. The molecule has 1 fully saturated rings. The average Bonchev–Trinajstić information content (AvgIpc) is 2.58. The molecule has 136 valence electrons. The van der Waals surface area contributed by atoms with Gasteiger partial charge in [0.1, 0.15) is 5.78 Å². The van der Waals surface area contributed by atoms with Gasteiger partial charge in [0.2, 0.25) is 5.91 Å². The van der Waals surface area contributed by atoms with E-state index in [4.69, 9.17) is 0 Å². The summed E-state index contributed by atoms with van der Waals surface area (Å²) in [7, 11) is 0. The highest BCUT2D eigenvalue weighted by molar-refractivity contribution is 5.94. The molecule has 2 amide bonds. The van der Waals surface area contributed by atoms with Gasteiger partial charge in [0.05, 0.1) is 5.56 Å². The fourth-order valence-electron chi connectivity index (χ4n) is 2.68. The molecule has 8 heteroatoms. The van der Waals surface area contributed by atoms with Crippen LogP contribution in [0.4, 0.5) is 13.2 Å². The Balaban J connectivity index is 1.89. The van der Waals surface area contributed by atoms with E-state index in [2.05, 4.69) is 5.32 Å². The molecule has 25 heavy (non-hydrogen) atoms. The third-order valence-corrected chi connectivity index (χ3v) is 4.12. The first kappa shape index (κ1) is 19.0. The van der Waals surface area contributed by atoms with Crippen molar-refractivity contribution in [2.45, 2.75) is 38.6 Å². The quantitative estimate of drug-likeness (QED) is 0.823. The number of hydrogen-bond acceptors (Lipinski definition) is 3. The van der Waals surface area contributed by atoms with E-state index < -0.39 is 28.9 Å². The van der Waals surface area contributed by atoms with Gasteiger partial charge in [-0.3, -0.25) is 9.59 Å². The summed E-state index contributed by atoms with van der Waals surface area (Å²) >= 11 is 0. The lowest BCUT2D eigenvalue weighted by Gasteiger charge is -2.32. The Morgan fingerprint density at radius 3 is 2.32 bits per heavy atom. The number of hydrogen-bond donors (Lipinski definition) is 1. The highest BCUT2D eigenvalue weighted by Gasteiger charge is 2.27. The van der Waals surface area contributed by atoms with E-state index in [1.54, 1.807) is 0 Å². The van der Waals surface area contributed by atoms with Crippen molar-refractivity contribution in [3.8, 4) is 0 Å². The van der Waals surface area contributed by atoms with Gasteiger partial charge in [-0.05, 0) is 31.9 Å². The van der Waals surface area contributed by atoms with Crippen molar-refractivity contribution in [3.05, 3.63) is 35.1 Å². The Morgan fingerprint density at radius 1 is 1.08 bits per heavy atom. The van der Waals surface area contributed by atoms with Crippen LogP contribution in [0.1, 0.15) is 43.0 Å². The van der Waals surface area contributed by atoms with Crippen molar-refractivity contribution in [3.63, 3.8) is 0 Å². The van der Waals surface area contributed by atoms with Gasteiger partial charge in [0, 0.05) is 32.0 Å². The molecule has 0 spiro atoms. The summed E-state index contributed by atoms with van der Waals surface area (Å²) in [6.07, 6.45) is 1.22. The summed E-state index contributed by atoms with van der Waals surface area (Å²) in [5.74, 6) is -5.52. The van der Waals surface area contributed by atoms with Crippen molar-refractivity contribution in [1.29, 1.82) is 0 Å². The molecule has 0 bridgehead atoms. The summed E-state index contributed by atoms with van der Waals surface area (Å²) in [6.45, 7) is 1.93. The first-order valence-electron chi connectivity index (χ1n) is 8.01. The first-order valence-corrected chi connectivity index (χ1v) is 8.01. The number of piperidine rings is 1. The lowest BCUT2D eigenvalue weighted by molar-refractivity contribution is -0.125. The monoisotopic (exact) mass is 356 g/mol. The van der Waals surface area contributed by atoms with Crippen molar-refractivity contribution in [2.24, 2.45) is 0 Å². The van der Waals surface area contributed by atoms with Crippen LogP contribution in [0.2, 0.25) is 0 Å². The number of carbonyl (C=O) groups excluding carboxylic acids is 3. The molecule has 0 saturated carbocycles. The van der Waals surface area contributed by atoms with Gasteiger partial charge in [0.15, 0.2) is 17.5 Å². The molecule has 0 atom stereocenters. The molecular formula is C17H19F3N2O3. The molecule has 5 nitrogen and oxygen atoms in total. The molecule has 1 aromatic rings. The second-order valence-corrected chi connectivity index (χ2v) is 6.06. The molecule has 1 heterocycles. The van der Waals surface area contributed by atoms with E-state index >= 15 is 0 Å². The predicted octanol–water partition coefficient (Wildman–Crippen LogP) is 2.19. The minimum absolute atomic E-state index is 0.0656. The number of carbonyl (C=O) groups is 3. The van der Waals surface area contributed by atoms with Gasteiger partial charge in [-0.15, -0.1) is 0 Å². The minimum Gasteiger partial charge on any atom is -0.353 e. The van der Waals surface area contributed by atoms with E-state index in [0.717, 1.165) is 6.07 Å². The third-order valence-electron chi connectivity index (χ3n) is 4.12. The zero-order valence-corrected chi connectivity index (χ0v) is 13.8. The van der Waals surface area contributed by atoms with Gasteiger partial charge in [-0.2, -0.15) is 0 Å². The fourth-order valence-corrected chi connectivity index (χ4v) is 2.68. The molecular weight excluding hydrogens is 337 g/mol. The van der Waals surface area contributed by atoms with Crippen LogP contribution in [-0.2, 0) is 9.59 Å². The molecule has 1 aromatic carbocycles. The second kappa shape index (κ2) is 8.13. The SMILES string of the molecule is CC(=O)CCC(=O)NC1CCN(C(=O)c2ccc(F)c(F)c2F)CC1. The molecule has 0 aromatic heterocycles. The van der Waals surface area contributed by atoms with Crippen LogP contribution in [0, 0.1) is 17.5 Å². The minimum atomic E-state index is -1.67. The van der Waals surface area contributed by atoms with Crippen LogP contribution in [0.25, 0.3) is 0 Å². The topological polar surface area (TPSA) is 66.5 Å². The smallest absolute Gasteiger partial charge is 0.256 e. The van der Waals surface area contributed by atoms with Crippen LogP contribution in [-0.4, -0.2) is 41.6 Å². The molecule has 1 saturated heterocycles. The van der Waals surface area contributed by atoms with Crippen LogP contribution in [0.15, 0.2) is 12.1 Å². The Labute approximate surface area is 143 Å². The van der Waals surface area contributed by atoms with Gasteiger partial charge >= 0.3 is 0 Å². The molecule has 1 N–H and O–H groups in total. The summed E-state index contributed by atoms with van der Waals surface area (Å²) in [5, 5.41) is 2.79. The summed E-state index contributed by atoms with van der Waals surface area (Å²) < 4.78 is 39.9. The maximum Gasteiger partial charge on any atom is 0.256 e. The van der Waals surface area contributed by atoms with E-state index in [1.165, 1.54) is 11.8 Å². The number of benzene rings is 1. The summed E-state index contributed by atoms with van der Waals surface area (Å²) in [6, 6.07) is 1.50. The van der Waals surface area contributed by atoms with Crippen LogP contribution >= 0.6 is 0 Å². The number of amides is 2. The lowest BCUT2D eigenvalue weighted by atomic mass is 10.0. The van der Waals surface area contributed by atoms with Gasteiger partial charge in [-0.25, -0.2) is 13.2 Å². The van der Waals surface area contributed by atoms with Crippen LogP contribution in [0.3, 0.4) is 0 Å². The number of ketones is 1. The number of halogens is 3. The molecule has 1 aliphatic heterocycles. The Morgan fingerprint density at radius 2 is 1.72 bits per heavy atom. The highest BCUT2D eigenvalue weighted by atomic mass is 19.2. The molecule has 0 radical (unpaired) electrons. The van der Waals surface area contributed by atoms with E-state index in [9.17, 15) is 27.6 Å². The highest BCUT2D eigenvalue weighted by Crippen LogP contribution is 2.19. The number of rotatable bonds is 5. The number of nitrogens with one attached hydrogen (secondary N) is 1. The number of Topliss-reactive ketones (excluding diaryl/α,β-unsaturated/α-hetero) is 1. The van der Waals surface area contributed by atoms with Crippen LogP contribution in [0.5, 0.6) is 0 Å². The Kier molecular flexibility index (Phi) is 6.17. The number of likely N-dealkylation sites (tertiary alicyclic amines) is 1. The fraction of sp³-hybridized carbons (Fsp3) is 0.471. The Bertz CT molecular complexity index is 686. The summed E-state index contributed by atoms with van der Waals surface area (Å²) in [5.41, 5.74) is -0.511. The zero-order chi connectivity index (χ0) is 18.6. The largest absolute Gasteiger partial charge is 0.353 e. The maximum absolute atomic E-state index is 13.7. The van der Waals surface area contributed by atoms with Crippen molar-refractivity contribution in [1.82, 2.24) is 10.2 Å². The normalized spacial score (nSPS) is 15.1. The van der Waals surface area contributed by atoms with Gasteiger partial charge in [-0.1, -0.05) is 0 Å². The second-order valence-electron chi connectivity index (χ2n) is 6.06. The van der Waals surface area contributed by atoms with E-state index in [-0.39, 0.29) is 43.7 Å².